The fraction of sp³-hybridized carbons (Fsp3) is 0. The maximum Gasteiger partial charge on any atom is 0.269 e. The van der Waals surface area contributed by atoms with Crippen LogP contribution in [0.1, 0.15) is 10.5 Å². The van der Waals surface area contributed by atoms with Crippen molar-refractivity contribution < 1.29 is 13.2 Å². The lowest BCUT2D eigenvalue weighted by Gasteiger charge is -2.08. The molecule has 0 unspecified atom stereocenters. The highest BCUT2D eigenvalue weighted by Gasteiger charge is 2.18. The Morgan fingerprint density at radius 2 is 1.81 bits per heavy atom. The van der Waals surface area contributed by atoms with Crippen molar-refractivity contribution in [2.75, 3.05) is 4.72 Å². The largest absolute Gasteiger partial charge is 0.364 e. The van der Waals surface area contributed by atoms with Gasteiger partial charge in [-0.3, -0.25) is 9.52 Å². The molecular weight excluding hydrogens is 352 g/mol. The number of anilines is 1. The summed E-state index contributed by atoms with van der Waals surface area (Å²) in [6, 6.07) is 15.1. The Bertz CT molecular complexity index is 1250. The van der Waals surface area contributed by atoms with Crippen molar-refractivity contribution in [1.29, 1.82) is 0 Å². The van der Waals surface area contributed by atoms with Gasteiger partial charge in [-0.25, -0.2) is 13.4 Å². The molecule has 2 aromatic carbocycles. The van der Waals surface area contributed by atoms with Gasteiger partial charge < -0.3 is 10.7 Å². The van der Waals surface area contributed by atoms with E-state index in [2.05, 4.69) is 14.7 Å². The predicted octanol–water partition coefficient (Wildman–Crippen LogP) is 2.62. The van der Waals surface area contributed by atoms with Gasteiger partial charge in [-0.05, 0) is 36.4 Å². The summed E-state index contributed by atoms with van der Waals surface area (Å²) in [5.74, 6) is -0.652. The number of fused-ring (bicyclic) bond motifs is 3. The smallest absolute Gasteiger partial charge is 0.269 e. The first kappa shape index (κ1) is 16.1. The van der Waals surface area contributed by atoms with Crippen molar-refractivity contribution in [2.24, 2.45) is 5.73 Å². The minimum atomic E-state index is -3.75. The second kappa shape index (κ2) is 5.85. The molecule has 0 saturated heterocycles. The van der Waals surface area contributed by atoms with E-state index in [1.54, 1.807) is 48.5 Å². The van der Waals surface area contributed by atoms with Gasteiger partial charge in [-0.1, -0.05) is 18.2 Å². The van der Waals surface area contributed by atoms with E-state index in [1.165, 1.54) is 12.3 Å². The summed E-state index contributed by atoms with van der Waals surface area (Å²) in [6.07, 6.45) is 1.47. The van der Waals surface area contributed by atoms with Crippen LogP contribution < -0.4 is 10.5 Å². The van der Waals surface area contributed by atoms with Crippen LogP contribution in [0.25, 0.3) is 21.8 Å². The molecule has 2 heterocycles. The van der Waals surface area contributed by atoms with E-state index >= 15 is 0 Å². The van der Waals surface area contributed by atoms with Gasteiger partial charge in [0.25, 0.3) is 15.9 Å². The standard InChI is InChI=1S/C18H14N4O3S/c19-18(23)17-16-13(8-9-20-17)14-10-12(6-7-15(14)21-16)26(24,25)22-11-4-2-1-3-5-11/h1-10,21-22H,(H2,19,23). The van der Waals surface area contributed by atoms with Gasteiger partial charge >= 0.3 is 0 Å². The average Bonchev–Trinajstić information content (AvgIpc) is 3.00. The van der Waals surface area contributed by atoms with Crippen LogP contribution in [-0.2, 0) is 10.0 Å². The summed E-state index contributed by atoms with van der Waals surface area (Å²) in [7, 11) is -3.75. The van der Waals surface area contributed by atoms with Crippen molar-refractivity contribution in [3.63, 3.8) is 0 Å². The number of pyridine rings is 1. The zero-order chi connectivity index (χ0) is 18.3. The van der Waals surface area contributed by atoms with E-state index < -0.39 is 15.9 Å². The molecule has 7 nitrogen and oxygen atoms in total. The maximum atomic E-state index is 12.7. The molecule has 1 amide bonds. The lowest BCUT2D eigenvalue weighted by atomic mass is 10.1. The molecule has 4 rings (SSSR count). The van der Waals surface area contributed by atoms with Crippen LogP contribution in [-0.4, -0.2) is 24.3 Å². The van der Waals surface area contributed by atoms with Gasteiger partial charge in [-0.15, -0.1) is 0 Å². The van der Waals surface area contributed by atoms with Crippen LogP contribution >= 0.6 is 0 Å². The first-order valence-electron chi connectivity index (χ1n) is 7.74. The molecule has 2 aromatic heterocycles. The highest BCUT2D eigenvalue weighted by Crippen LogP contribution is 2.29. The second-order valence-electron chi connectivity index (χ2n) is 5.75. The Hall–Kier alpha value is -3.39. The monoisotopic (exact) mass is 366 g/mol. The number of benzene rings is 2. The van der Waals surface area contributed by atoms with Crippen molar-refractivity contribution in [3.05, 3.63) is 66.5 Å². The molecule has 0 aliphatic rings. The first-order valence-corrected chi connectivity index (χ1v) is 9.22. The highest BCUT2D eigenvalue weighted by atomic mass is 32.2. The molecule has 0 aliphatic carbocycles. The number of primary amides is 1. The number of sulfonamides is 1. The SMILES string of the molecule is NC(=O)c1nccc2c1[nH]c1ccc(S(=O)(=O)Nc3ccccc3)cc12. The lowest BCUT2D eigenvalue weighted by Crippen LogP contribution is -2.13. The van der Waals surface area contributed by atoms with E-state index in [4.69, 9.17) is 5.73 Å². The molecule has 0 saturated carbocycles. The van der Waals surface area contributed by atoms with Crippen LogP contribution in [0.2, 0.25) is 0 Å². The summed E-state index contributed by atoms with van der Waals surface area (Å²) in [6.45, 7) is 0. The van der Waals surface area contributed by atoms with Crippen LogP contribution in [0.15, 0.2) is 65.7 Å². The number of aromatic nitrogens is 2. The molecule has 8 heteroatoms. The predicted molar refractivity (Wildman–Crippen MR) is 99.4 cm³/mol. The van der Waals surface area contributed by atoms with E-state index in [0.717, 1.165) is 0 Å². The number of nitrogens with one attached hydrogen (secondary N) is 2. The van der Waals surface area contributed by atoms with Crippen molar-refractivity contribution >= 4 is 43.4 Å². The topological polar surface area (TPSA) is 118 Å². The average molecular weight is 366 g/mol. The fourth-order valence-electron chi connectivity index (χ4n) is 2.88. The summed E-state index contributed by atoms with van der Waals surface area (Å²) in [5, 5.41) is 1.35. The molecule has 0 atom stereocenters. The Labute approximate surface area is 148 Å². The Morgan fingerprint density at radius 3 is 2.54 bits per heavy atom. The van der Waals surface area contributed by atoms with Gasteiger partial charge in [0, 0.05) is 28.2 Å². The summed E-state index contributed by atoms with van der Waals surface area (Å²) in [5.41, 5.74) is 7.13. The number of nitrogens with zero attached hydrogens (tertiary/aromatic N) is 1. The molecule has 0 fully saturated rings. The number of aromatic amines is 1. The van der Waals surface area contributed by atoms with Crippen LogP contribution in [0.3, 0.4) is 0 Å². The number of carbonyl (C=O) groups excluding carboxylic acids is 1. The molecule has 0 radical (unpaired) electrons. The Balaban J connectivity index is 1.86. The minimum absolute atomic E-state index is 0.116. The van der Waals surface area contributed by atoms with Crippen molar-refractivity contribution in [1.82, 2.24) is 9.97 Å². The third kappa shape index (κ3) is 2.66. The molecule has 130 valence electrons. The van der Waals surface area contributed by atoms with Gasteiger partial charge in [0.05, 0.1) is 10.4 Å². The van der Waals surface area contributed by atoms with Crippen LogP contribution in [0.5, 0.6) is 0 Å². The van der Waals surface area contributed by atoms with E-state index in [0.29, 0.717) is 27.5 Å². The second-order valence-corrected chi connectivity index (χ2v) is 7.43. The number of hydrogen-bond donors (Lipinski definition) is 3. The summed E-state index contributed by atoms with van der Waals surface area (Å²) in [4.78, 5) is 18.7. The van der Waals surface area contributed by atoms with Gasteiger partial charge in [0.15, 0.2) is 5.69 Å². The van der Waals surface area contributed by atoms with Gasteiger partial charge in [0.1, 0.15) is 0 Å². The van der Waals surface area contributed by atoms with Crippen LogP contribution in [0.4, 0.5) is 5.69 Å². The van der Waals surface area contributed by atoms with E-state index in [1.807, 2.05) is 0 Å². The number of amides is 1. The minimum Gasteiger partial charge on any atom is -0.364 e. The van der Waals surface area contributed by atoms with E-state index in [9.17, 15) is 13.2 Å². The fourth-order valence-corrected chi connectivity index (χ4v) is 3.96. The van der Waals surface area contributed by atoms with Crippen LogP contribution in [0, 0.1) is 0 Å². The molecule has 26 heavy (non-hydrogen) atoms. The third-order valence-electron chi connectivity index (χ3n) is 4.06. The van der Waals surface area contributed by atoms with Gasteiger partial charge in [-0.2, -0.15) is 0 Å². The quantitative estimate of drug-likeness (QED) is 0.514. The zero-order valence-electron chi connectivity index (χ0n) is 13.4. The molecule has 4 N–H and O–H groups in total. The third-order valence-corrected chi connectivity index (χ3v) is 5.44. The molecule has 0 spiro atoms. The molecule has 0 aliphatic heterocycles. The Morgan fingerprint density at radius 1 is 1.04 bits per heavy atom. The van der Waals surface area contributed by atoms with E-state index in [-0.39, 0.29) is 10.6 Å². The van der Waals surface area contributed by atoms with Crippen molar-refractivity contribution in [3.8, 4) is 0 Å². The molecule has 0 bridgehead atoms. The molecule has 4 aromatic rings. The van der Waals surface area contributed by atoms with Gasteiger partial charge in [0.2, 0.25) is 0 Å². The zero-order valence-corrected chi connectivity index (χ0v) is 14.2. The first-order chi connectivity index (χ1) is 12.5. The number of H-pyrrole nitrogens is 1. The highest BCUT2D eigenvalue weighted by molar-refractivity contribution is 7.92. The van der Waals surface area contributed by atoms with Crippen molar-refractivity contribution in [2.45, 2.75) is 4.90 Å². The number of rotatable bonds is 4. The molecular formula is C18H14N4O3S. The number of carbonyl (C=O) groups is 1. The normalized spacial score (nSPS) is 11.7. The lowest BCUT2D eigenvalue weighted by molar-refractivity contribution is 0.0997. The Kier molecular flexibility index (Phi) is 3.62. The number of nitrogens with two attached hydrogens (primary N) is 1. The summed E-state index contributed by atoms with van der Waals surface area (Å²) >= 11 is 0. The number of hydrogen-bond acceptors (Lipinski definition) is 4. The number of para-hydroxylation sites is 1. The summed E-state index contributed by atoms with van der Waals surface area (Å²) < 4.78 is 27.9. The maximum absolute atomic E-state index is 12.7.